The number of pyridine rings is 1. The van der Waals surface area contributed by atoms with Crippen molar-refractivity contribution in [3.8, 4) is 40.5 Å². The summed E-state index contributed by atoms with van der Waals surface area (Å²) in [5.74, 6) is -0.135. The van der Waals surface area contributed by atoms with Crippen LogP contribution in [-0.4, -0.2) is 157 Å². The van der Waals surface area contributed by atoms with Gasteiger partial charge in [0, 0.05) is 43.1 Å². The first-order valence-corrected chi connectivity index (χ1v) is 30.0. The second-order valence-corrected chi connectivity index (χ2v) is 23.2. The minimum absolute atomic E-state index is 0.00180. The van der Waals surface area contributed by atoms with E-state index in [9.17, 15) is 53.9 Å². The molecular formula is C62H54F9N17O7. The molecule has 2 aromatic carbocycles. The molecule has 13 heterocycles. The van der Waals surface area contributed by atoms with E-state index in [-0.39, 0.29) is 95.6 Å². The Labute approximate surface area is 532 Å². The number of fused-ring (bicyclic) bond motifs is 6. The summed E-state index contributed by atoms with van der Waals surface area (Å²) in [7, 11) is 0. The van der Waals surface area contributed by atoms with E-state index in [1.807, 2.05) is 34.9 Å². The quantitative estimate of drug-likeness (QED) is 0.103. The molecule has 0 aliphatic carbocycles. The number of benzene rings is 2. The molecule has 24 nitrogen and oxygen atoms in total. The van der Waals surface area contributed by atoms with Crippen LogP contribution in [0.25, 0.3) is 22.8 Å². The van der Waals surface area contributed by atoms with Crippen molar-refractivity contribution in [2.24, 2.45) is 0 Å². The summed E-state index contributed by atoms with van der Waals surface area (Å²) in [6.07, 6.45) is 5.61. The molecule has 0 radical (unpaired) electrons. The summed E-state index contributed by atoms with van der Waals surface area (Å²) in [6.45, 7) is 3.69. The van der Waals surface area contributed by atoms with E-state index in [0.717, 1.165) is 62.7 Å². The van der Waals surface area contributed by atoms with Crippen molar-refractivity contribution in [2.75, 3.05) is 0 Å². The fourth-order valence-electron chi connectivity index (χ4n) is 13.4. The van der Waals surface area contributed by atoms with E-state index < -0.39 is 35.6 Å². The fourth-order valence-corrected chi connectivity index (χ4v) is 13.4. The smallest absolute Gasteiger partial charge is 0.434 e. The van der Waals surface area contributed by atoms with Crippen LogP contribution < -0.4 is 14.2 Å². The first-order valence-electron chi connectivity index (χ1n) is 30.0. The summed E-state index contributed by atoms with van der Waals surface area (Å²) in [4.78, 5) is 78.7. The van der Waals surface area contributed by atoms with Gasteiger partial charge in [-0.3, -0.25) is 14.4 Å². The zero-order valence-corrected chi connectivity index (χ0v) is 50.0. The third-order valence-electron chi connectivity index (χ3n) is 17.5. The second kappa shape index (κ2) is 25.4. The van der Waals surface area contributed by atoms with Crippen molar-refractivity contribution < 1.29 is 72.5 Å². The third kappa shape index (κ3) is 12.9. The molecule has 0 N–H and O–H groups in total. The van der Waals surface area contributed by atoms with Crippen LogP contribution in [-0.2, 0) is 18.5 Å². The van der Waals surface area contributed by atoms with E-state index in [0.29, 0.717) is 77.5 Å². The molecule has 7 aromatic heterocycles. The summed E-state index contributed by atoms with van der Waals surface area (Å²) in [5, 5.41) is 16.5. The van der Waals surface area contributed by atoms with Gasteiger partial charge in [0.2, 0.25) is 23.5 Å². The van der Waals surface area contributed by atoms with E-state index in [4.69, 9.17) is 18.6 Å². The van der Waals surface area contributed by atoms with Crippen molar-refractivity contribution in [3.63, 3.8) is 0 Å². The van der Waals surface area contributed by atoms with Gasteiger partial charge in [0.1, 0.15) is 30.3 Å². The van der Waals surface area contributed by atoms with Crippen LogP contribution in [0.1, 0.15) is 117 Å². The molecule has 9 aromatic rings. The first-order chi connectivity index (χ1) is 45.5. The molecule has 6 saturated heterocycles. The number of carbonyl (C=O) groups is 3. The number of alkyl halides is 9. The summed E-state index contributed by atoms with van der Waals surface area (Å²) < 4.78 is 137. The van der Waals surface area contributed by atoms with Gasteiger partial charge in [-0.15, -0.1) is 4.80 Å². The Morgan fingerprint density at radius 2 is 0.895 bits per heavy atom. The molecule has 9 atom stereocenters. The maximum Gasteiger partial charge on any atom is 0.434 e. The molecule has 3 amide bonds. The maximum atomic E-state index is 13.6. The van der Waals surface area contributed by atoms with E-state index in [1.54, 1.807) is 48.2 Å². The third-order valence-corrected chi connectivity index (χ3v) is 17.5. The predicted molar refractivity (Wildman–Crippen MR) is 309 cm³/mol. The van der Waals surface area contributed by atoms with E-state index in [1.165, 1.54) is 46.8 Å². The number of hydrogen-bond acceptors (Lipinski definition) is 19. The highest BCUT2D eigenvalue weighted by Gasteiger charge is 2.54. The zero-order chi connectivity index (χ0) is 66.5. The lowest BCUT2D eigenvalue weighted by atomic mass is 9.98. The predicted octanol–water partition coefficient (Wildman–Crippen LogP) is 9.79. The molecule has 6 fully saturated rings. The summed E-state index contributed by atoms with van der Waals surface area (Å²) in [5.41, 5.74) is 1.25. The van der Waals surface area contributed by atoms with Crippen molar-refractivity contribution >= 4 is 17.7 Å². The number of oxazole rings is 1. The summed E-state index contributed by atoms with van der Waals surface area (Å²) >= 11 is 0. The minimum atomic E-state index is -4.57. The van der Waals surface area contributed by atoms with Gasteiger partial charge in [0.15, 0.2) is 22.8 Å². The minimum Gasteiger partial charge on any atom is -0.471 e. The molecule has 33 heteroatoms. The zero-order valence-electron chi connectivity index (χ0n) is 50.0. The Hall–Kier alpha value is -10.5. The molecule has 95 heavy (non-hydrogen) atoms. The number of para-hydroxylation sites is 1. The molecule has 0 saturated carbocycles. The van der Waals surface area contributed by atoms with Gasteiger partial charge < -0.3 is 33.3 Å². The largest absolute Gasteiger partial charge is 0.471 e. The Morgan fingerprint density at radius 1 is 0.463 bits per heavy atom. The van der Waals surface area contributed by atoms with E-state index >= 15 is 0 Å². The lowest BCUT2D eigenvalue weighted by molar-refractivity contribution is -0.142. The number of aromatic nitrogens is 14. The molecule has 0 spiro atoms. The van der Waals surface area contributed by atoms with Gasteiger partial charge in [0.25, 0.3) is 17.7 Å². The SMILES string of the molecule is Cc1ccc(-n2nccn2)c(C(=O)N2C3CCC2C(Oc2cnc(C(F)(F)F)cn2)C3)n1.Cc1cccc(C(=O)N2C3CCC2C(Oc2cnc(C(F)(F)F)cn2)C3)c1-c1ncco1.O=C(c1ccccc1-n1nccn1)N1C2CCC1C(Oc1cnc(C(F)(F)F)cn1)C2. The molecule has 6 aliphatic heterocycles. The molecule has 6 bridgehead atoms. The topological polar surface area (TPSA) is 266 Å². The molecule has 492 valence electrons. The average Bonchev–Trinajstić information content (AvgIpc) is 1.63. The number of amides is 3. The van der Waals surface area contributed by atoms with Gasteiger partial charge in [-0.05, 0) is 88.3 Å². The Kier molecular flexibility index (Phi) is 16.9. The summed E-state index contributed by atoms with van der Waals surface area (Å²) in [6, 6.07) is 15.4. The highest BCUT2D eigenvalue weighted by molar-refractivity contribution is 6.01. The number of hydrogen-bond donors (Lipinski definition) is 0. The van der Waals surface area contributed by atoms with E-state index in [2.05, 4.69) is 60.3 Å². The van der Waals surface area contributed by atoms with Crippen LogP contribution in [0.4, 0.5) is 39.5 Å². The lowest BCUT2D eigenvalue weighted by Gasteiger charge is -2.25. The lowest BCUT2D eigenvalue weighted by Crippen LogP contribution is -2.40. The molecule has 9 unspecified atom stereocenters. The van der Waals surface area contributed by atoms with Crippen LogP contribution in [0, 0.1) is 13.8 Å². The van der Waals surface area contributed by atoms with Crippen molar-refractivity contribution in [1.82, 2.24) is 84.6 Å². The number of halogens is 9. The highest BCUT2D eigenvalue weighted by atomic mass is 19.4. The maximum absolute atomic E-state index is 13.6. The van der Waals surface area contributed by atoms with Crippen molar-refractivity contribution in [2.45, 2.75) is 145 Å². The van der Waals surface area contributed by atoms with Crippen LogP contribution in [0.3, 0.4) is 0 Å². The van der Waals surface area contributed by atoms with Crippen LogP contribution >= 0.6 is 0 Å². The fraction of sp³-hybridized carbons (Fsp3) is 0.371. The monoisotopic (exact) mass is 1320 g/mol. The highest BCUT2D eigenvalue weighted by Crippen LogP contribution is 2.45. The second-order valence-electron chi connectivity index (χ2n) is 23.2. The van der Waals surface area contributed by atoms with Crippen LogP contribution in [0.15, 0.2) is 133 Å². The van der Waals surface area contributed by atoms with Gasteiger partial charge in [0.05, 0.1) is 109 Å². The number of rotatable bonds is 12. The van der Waals surface area contributed by atoms with Crippen LogP contribution in [0.2, 0.25) is 0 Å². The Balaban J connectivity index is 0.000000129. The van der Waals surface area contributed by atoms with Crippen molar-refractivity contribution in [3.05, 3.63) is 174 Å². The average molecular weight is 1320 g/mol. The van der Waals surface area contributed by atoms with Gasteiger partial charge in [-0.25, -0.2) is 39.9 Å². The number of nitrogens with zero attached hydrogens (tertiary/aromatic N) is 17. The Morgan fingerprint density at radius 3 is 1.33 bits per heavy atom. The van der Waals surface area contributed by atoms with Crippen LogP contribution in [0.5, 0.6) is 17.6 Å². The van der Waals surface area contributed by atoms with Gasteiger partial charge in [-0.2, -0.15) is 64.7 Å². The number of carbonyl (C=O) groups excluding carboxylic acids is 3. The standard InChI is InChI=1S/C22H19F3N4O3.C20H18F3N7O2.C20H17F3N6O2/c1-12-3-2-4-14(19(12)20-26-7-8-31-20)21(30)29-13-5-6-15(29)16(9-13)32-18-11-27-17(10-28-18)22(23,24)25;1-11-2-4-14(30-26-6-7-27-30)18(28-11)19(31)29-12-3-5-13(29)15(8-12)32-17-10-24-16(9-25-17)20(21,22)23;21-20(22,23)17-10-25-18(11-24-17)31-16-9-12-5-6-15(16)28(12)19(30)13-3-1-2-4-14(13)29-26-7-8-27-29/h2-4,7-8,10-11,13,15-16H,5-6,9H2,1H3;2,4,6-7,9-10,12-13,15H,3,5,8H2,1H3;1-4,7-8,10-12,15-16H,5-6,9H2. The molecule has 15 rings (SSSR count). The van der Waals surface area contributed by atoms with Gasteiger partial charge >= 0.3 is 18.5 Å². The molecule has 6 aliphatic rings. The molecular weight excluding hydrogens is 1270 g/mol. The number of aryl methyl sites for hydroxylation is 2. The van der Waals surface area contributed by atoms with Gasteiger partial charge in [-0.1, -0.05) is 24.3 Å². The Bertz CT molecular complexity index is 4110. The number of ether oxygens (including phenoxy) is 3. The normalized spacial score (nSPS) is 22.5. The van der Waals surface area contributed by atoms with Crippen molar-refractivity contribution in [1.29, 1.82) is 0 Å². The first kappa shape index (κ1) is 63.3.